The lowest BCUT2D eigenvalue weighted by molar-refractivity contribution is 0.200. The summed E-state index contributed by atoms with van der Waals surface area (Å²) >= 11 is 1.59. The number of hydrogen-bond acceptors (Lipinski definition) is 8. The van der Waals surface area contributed by atoms with Gasteiger partial charge in [-0.25, -0.2) is 4.98 Å². The van der Waals surface area contributed by atoms with E-state index in [0.29, 0.717) is 17.1 Å². The molecular weight excluding hydrogens is 312 g/mol. The molecule has 1 saturated heterocycles. The van der Waals surface area contributed by atoms with Gasteiger partial charge in [-0.3, -0.25) is 9.80 Å². The zero-order chi connectivity index (χ0) is 16.2. The Morgan fingerprint density at radius 2 is 2.30 bits per heavy atom. The molecule has 0 saturated carbocycles. The van der Waals surface area contributed by atoms with Crippen molar-refractivity contribution >= 4 is 16.5 Å². The van der Waals surface area contributed by atoms with Crippen LogP contribution in [-0.4, -0.2) is 51.1 Å². The second kappa shape index (κ2) is 7.37. The van der Waals surface area contributed by atoms with E-state index in [4.69, 9.17) is 10.3 Å². The highest BCUT2D eigenvalue weighted by atomic mass is 32.1. The van der Waals surface area contributed by atoms with E-state index in [9.17, 15) is 0 Å². The van der Waals surface area contributed by atoms with Crippen LogP contribution in [-0.2, 0) is 13.1 Å². The smallest absolute Gasteiger partial charge is 0.223 e. The number of nitrogen functional groups attached to an aromatic ring is 1. The molecule has 3 heterocycles. The molecule has 1 atom stereocenters. The molecule has 7 nitrogen and oxygen atoms in total. The van der Waals surface area contributed by atoms with E-state index in [0.717, 1.165) is 38.4 Å². The molecule has 126 valence electrons. The fourth-order valence-electron chi connectivity index (χ4n) is 3.11. The number of nitrogens with two attached hydrogens (primary N) is 1. The molecule has 2 N–H and O–H groups in total. The molecule has 2 aromatic heterocycles. The quantitative estimate of drug-likeness (QED) is 0.892. The van der Waals surface area contributed by atoms with Crippen LogP contribution in [0, 0.1) is 6.92 Å². The summed E-state index contributed by atoms with van der Waals surface area (Å²) < 4.78 is 5.05. The Balaban J connectivity index is 1.51. The molecule has 1 aliphatic heterocycles. The van der Waals surface area contributed by atoms with Crippen molar-refractivity contribution in [3.05, 3.63) is 22.8 Å². The van der Waals surface area contributed by atoms with Crippen molar-refractivity contribution in [2.45, 2.75) is 45.3 Å². The van der Waals surface area contributed by atoms with Gasteiger partial charge >= 0.3 is 0 Å². The molecule has 0 spiro atoms. The maximum Gasteiger partial charge on any atom is 0.223 e. The molecule has 8 heteroatoms. The molecule has 0 amide bonds. The zero-order valence-corrected chi connectivity index (χ0v) is 14.6. The number of nitrogens with zero attached hydrogens (tertiary/aromatic N) is 5. The number of aryl methyl sites for hydroxylation is 1. The summed E-state index contributed by atoms with van der Waals surface area (Å²) in [6.07, 6.45) is 5.46. The van der Waals surface area contributed by atoms with Crippen molar-refractivity contribution in [1.82, 2.24) is 24.9 Å². The van der Waals surface area contributed by atoms with Crippen LogP contribution in [0.3, 0.4) is 0 Å². The van der Waals surface area contributed by atoms with Gasteiger partial charge < -0.3 is 10.3 Å². The van der Waals surface area contributed by atoms with Crippen LogP contribution in [0.2, 0.25) is 0 Å². The predicted molar refractivity (Wildman–Crippen MR) is 89.9 cm³/mol. The highest BCUT2D eigenvalue weighted by molar-refractivity contribution is 7.15. The Bertz CT molecular complexity index is 627. The number of rotatable bonds is 5. The fraction of sp³-hybridized carbons (Fsp3) is 0.667. The Hall–Kier alpha value is -1.51. The van der Waals surface area contributed by atoms with Gasteiger partial charge in [0.05, 0.1) is 6.54 Å². The molecule has 23 heavy (non-hydrogen) atoms. The molecule has 0 radical (unpaired) electrons. The van der Waals surface area contributed by atoms with Gasteiger partial charge in [-0.05, 0) is 32.9 Å². The van der Waals surface area contributed by atoms with Crippen molar-refractivity contribution in [3.63, 3.8) is 0 Å². The van der Waals surface area contributed by atoms with Crippen LogP contribution in [0.5, 0.6) is 0 Å². The van der Waals surface area contributed by atoms with Crippen molar-refractivity contribution in [2.24, 2.45) is 0 Å². The normalized spacial score (nSPS) is 20.0. The maximum absolute atomic E-state index is 5.71. The highest BCUT2D eigenvalue weighted by Crippen LogP contribution is 2.21. The van der Waals surface area contributed by atoms with E-state index < -0.39 is 0 Å². The van der Waals surface area contributed by atoms with Crippen molar-refractivity contribution in [1.29, 1.82) is 0 Å². The lowest BCUT2D eigenvalue weighted by atomic mass is 10.1. The van der Waals surface area contributed by atoms with E-state index >= 15 is 0 Å². The van der Waals surface area contributed by atoms with Gasteiger partial charge in [0.15, 0.2) is 11.0 Å². The van der Waals surface area contributed by atoms with E-state index in [2.05, 4.69) is 32.0 Å². The third kappa shape index (κ3) is 4.49. The molecule has 0 aromatic carbocycles. The van der Waals surface area contributed by atoms with Gasteiger partial charge in [-0.15, -0.1) is 11.3 Å². The molecule has 3 rings (SSSR count). The highest BCUT2D eigenvalue weighted by Gasteiger charge is 2.22. The summed E-state index contributed by atoms with van der Waals surface area (Å²) in [5.74, 6) is 1.40. The summed E-state index contributed by atoms with van der Waals surface area (Å²) in [6, 6.07) is 0.560. The minimum Gasteiger partial charge on any atom is -0.375 e. The molecule has 1 aliphatic rings. The largest absolute Gasteiger partial charge is 0.375 e. The van der Waals surface area contributed by atoms with Crippen LogP contribution in [0.4, 0.5) is 5.13 Å². The molecule has 0 bridgehead atoms. The first-order valence-electron chi connectivity index (χ1n) is 8.02. The number of hydrogen-bond donors (Lipinski definition) is 1. The molecule has 1 fully saturated rings. The molecule has 1 unspecified atom stereocenters. The molecular formula is C15H24N6OS. The Labute approximate surface area is 140 Å². The van der Waals surface area contributed by atoms with Crippen molar-refractivity contribution in [3.8, 4) is 0 Å². The van der Waals surface area contributed by atoms with Crippen LogP contribution in [0.25, 0.3) is 0 Å². The van der Waals surface area contributed by atoms with Gasteiger partial charge in [-0.1, -0.05) is 5.16 Å². The lowest BCUT2D eigenvalue weighted by Crippen LogP contribution is -2.32. The van der Waals surface area contributed by atoms with E-state index in [1.165, 1.54) is 17.7 Å². The van der Waals surface area contributed by atoms with E-state index in [-0.39, 0.29) is 0 Å². The van der Waals surface area contributed by atoms with Gasteiger partial charge in [0.2, 0.25) is 5.89 Å². The Kier molecular flexibility index (Phi) is 5.24. The van der Waals surface area contributed by atoms with Gasteiger partial charge in [-0.2, -0.15) is 4.98 Å². The number of anilines is 1. The number of aromatic nitrogens is 3. The standard InChI is InChI=1S/C15H24N6OS/c1-11-18-14(19-22-11)10-20(2)12-4-3-6-21(7-5-12)9-13-8-17-15(16)23-13/h8,12H,3-7,9-10H2,1-2H3,(H2,16,17). The molecule has 2 aromatic rings. The number of thiazole rings is 1. The maximum atomic E-state index is 5.71. The van der Waals surface area contributed by atoms with Crippen molar-refractivity contribution in [2.75, 3.05) is 25.9 Å². The van der Waals surface area contributed by atoms with Gasteiger partial charge in [0, 0.05) is 37.1 Å². The first kappa shape index (κ1) is 16.4. The minimum atomic E-state index is 0.560. The number of likely N-dealkylation sites (tertiary alicyclic amines) is 1. The monoisotopic (exact) mass is 336 g/mol. The van der Waals surface area contributed by atoms with Crippen LogP contribution in [0.1, 0.15) is 35.9 Å². The third-order valence-electron chi connectivity index (χ3n) is 4.32. The van der Waals surface area contributed by atoms with Gasteiger partial charge in [0.1, 0.15) is 0 Å². The average molecular weight is 336 g/mol. The second-order valence-electron chi connectivity index (χ2n) is 6.17. The second-order valence-corrected chi connectivity index (χ2v) is 7.32. The SMILES string of the molecule is Cc1nc(CN(C)C2CCCN(Cc3cnc(N)s3)CC2)no1. The predicted octanol–water partition coefficient (Wildman–Crippen LogP) is 1.90. The van der Waals surface area contributed by atoms with E-state index in [1.54, 1.807) is 11.3 Å². The average Bonchev–Trinajstić information content (AvgIpc) is 3.02. The lowest BCUT2D eigenvalue weighted by Gasteiger charge is -2.26. The molecule has 0 aliphatic carbocycles. The first-order valence-corrected chi connectivity index (χ1v) is 8.84. The van der Waals surface area contributed by atoms with Crippen LogP contribution in [0.15, 0.2) is 10.7 Å². The summed E-state index contributed by atoms with van der Waals surface area (Å²) in [5.41, 5.74) is 5.71. The van der Waals surface area contributed by atoms with Crippen LogP contribution < -0.4 is 5.73 Å². The topological polar surface area (TPSA) is 84.3 Å². The first-order chi connectivity index (χ1) is 11.1. The minimum absolute atomic E-state index is 0.560. The van der Waals surface area contributed by atoms with Crippen LogP contribution >= 0.6 is 11.3 Å². The summed E-state index contributed by atoms with van der Waals surface area (Å²) in [4.78, 5) is 14.5. The van der Waals surface area contributed by atoms with Gasteiger partial charge in [0.25, 0.3) is 0 Å². The fourth-order valence-corrected chi connectivity index (χ4v) is 3.84. The summed E-state index contributed by atoms with van der Waals surface area (Å²) in [6.45, 7) is 5.75. The summed E-state index contributed by atoms with van der Waals surface area (Å²) in [5, 5.41) is 4.65. The summed E-state index contributed by atoms with van der Waals surface area (Å²) in [7, 11) is 2.15. The Morgan fingerprint density at radius 1 is 1.43 bits per heavy atom. The third-order valence-corrected chi connectivity index (χ3v) is 5.14. The van der Waals surface area contributed by atoms with E-state index in [1.807, 2.05) is 13.1 Å². The zero-order valence-electron chi connectivity index (χ0n) is 13.7. The Morgan fingerprint density at radius 3 is 3.00 bits per heavy atom. The van der Waals surface area contributed by atoms with Crippen molar-refractivity contribution < 1.29 is 4.52 Å².